The highest BCUT2D eigenvalue weighted by atomic mass is 16.1. The molecule has 0 N–H and O–H groups in total. The molecule has 1 aliphatic heterocycles. The van der Waals surface area contributed by atoms with Gasteiger partial charge in [0, 0.05) is 25.4 Å². The summed E-state index contributed by atoms with van der Waals surface area (Å²) in [5.74, 6) is 2.93. The summed E-state index contributed by atoms with van der Waals surface area (Å²) < 4.78 is 0. The summed E-state index contributed by atoms with van der Waals surface area (Å²) in [6.07, 6.45) is 9.08. The third kappa shape index (κ3) is 3.20. The topological polar surface area (TPSA) is 20.3 Å². The number of terminal acetylenes is 1. The van der Waals surface area contributed by atoms with Crippen molar-refractivity contribution in [2.24, 2.45) is 0 Å². The fourth-order valence-corrected chi connectivity index (χ4v) is 1.96. The number of hydrogen-bond acceptors (Lipinski definition) is 2. The minimum absolute atomic E-state index is 0.289. The molecule has 1 saturated heterocycles. The molecule has 0 amide bonds. The molecule has 1 rings (SSSR count). The van der Waals surface area contributed by atoms with E-state index >= 15 is 0 Å². The van der Waals surface area contributed by atoms with Crippen molar-refractivity contribution in [3.8, 4) is 12.3 Å². The summed E-state index contributed by atoms with van der Waals surface area (Å²) >= 11 is 0. The molecule has 1 aliphatic rings. The van der Waals surface area contributed by atoms with Gasteiger partial charge in [0.25, 0.3) is 0 Å². The average Bonchev–Trinajstić information content (AvgIpc) is 2.48. The summed E-state index contributed by atoms with van der Waals surface area (Å²) in [7, 11) is 0. The predicted molar refractivity (Wildman–Crippen MR) is 53.3 cm³/mol. The molecule has 0 aromatic rings. The fourth-order valence-electron chi connectivity index (χ4n) is 1.96. The molecule has 0 aliphatic carbocycles. The molecule has 2 heteroatoms. The van der Waals surface area contributed by atoms with Gasteiger partial charge in [0.2, 0.25) is 0 Å². The number of hydrogen-bond donors (Lipinski definition) is 0. The SMILES string of the molecule is C#CCCN1CCCC1CC(C)=O. The monoisotopic (exact) mass is 179 g/mol. The van der Waals surface area contributed by atoms with E-state index in [1.54, 1.807) is 6.92 Å². The Labute approximate surface area is 80.3 Å². The van der Waals surface area contributed by atoms with Crippen molar-refractivity contribution in [1.29, 1.82) is 0 Å². The Morgan fingerprint density at radius 3 is 3.08 bits per heavy atom. The molecule has 0 radical (unpaired) electrons. The lowest BCUT2D eigenvalue weighted by molar-refractivity contribution is -0.118. The number of nitrogens with zero attached hydrogens (tertiary/aromatic N) is 1. The minimum Gasteiger partial charge on any atom is -0.300 e. The van der Waals surface area contributed by atoms with Gasteiger partial charge in [0.1, 0.15) is 5.78 Å². The van der Waals surface area contributed by atoms with Crippen LogP contribution in [-0.4, -0.2) is 29.8 Å². The molecule has 1 fully saturated rings. The molecule has 1 heterocycles. The first-order valence-corrected chi connectivity index (χ1v) is 4.91. The second-order valence-corrected chi connectivity index (χ2v) is 3.69. The first-order chi connectivity index (χ1) is 6.24. The largest absolute Gasteiger partial charge is 0.300 e. The highest BCUT2D eigenvalue weighted by Gasteiger charge is 2.24. The van der Waals surface area contributed by atoms with Gasteiger partial charge in [0.05, 0.1) is 0 Å². The molecule has 0 aromatic carbocycles. The molecule has 0 bridgehead atoms. The van der Waals surface area contributed by atoms with Gasteiger partial charge in [-0.25, -0.2) is 0 Å². The van der Waals surface area contributed by atoms with E-state index in [4.69, 9.17) is 6.42 Å². The van der Waals surface area contributed by atoms with E-state index in [9.17, 15) is 4.79 Å². The van der Waals surface area contributed by atoms with E-state index < -0.39 is 0 Å². The average molecular weight is 179 g/mol. The molecule has 2 nitrogen and oxygen atoms in total. The maximum Gasteiger partial charge on any atom is 0.131 e. The first-order valence-electron chi connectivity index (χ1n) is 4.91. The van der Waals surface area contributed by atoms with Crippen LogP contribution in [0.3, 0.4) is 0 Å². The van der Waals surface area contributed by atoms with Gasteiger partial charge in [-0.15, -0.1) is 12.3 Å². The Hall–Kier alpha value is -0.810. The highest BCUT2D eigenvalue weighted by Crippen LogP contribution is 2.20. The van der Waals surface area contributed by atoms with Crippen molar-refractivity contribution >= 4 is 5.78 Å². The summed E-state index contributed by atoms with van der Waals surface area (Å²) in [6.45, 7) is 3.73. The van der Waals surface area contributed by atoms with Crippen LogP contribution in [0.15, 0.2) is 0 Å². The Morgan fingerprint density at radius 2 is 2.46 bits per heavy atom. The lowest BCUT2D eigenvalue weighted by atomic mass is 10.1. The molecule has 1 unspecified atom stereocenters. The number of carbonyl (C=O) groups is 1. The summed E-state index contributed by atoms with van der Waals surface area (Å²) in [6, 6.07) is 0.464. The number of carbonyl (C=O) groups excluding carboxylic acids is 1. The van der Waals surface area contributed by atoms with E-state index in [0.717, 1.165) is 25.9 Å². The lowest BCUT2D eigenvalue weighted by Gasteiger charge is -2.22. The van der Waals surface area contributed by atoms with Gasteiger partial charge in [-0.1, -0.05) is 0 Å². The van der Waals surface area contributed by atoms with E-state index in [0.29, 0.717) is 12.5 Å². The molecule has 72 valence electrons. The van der Waals surface area contributed by atoms with Crippen molar-refractivity contribution < 1.29 is 4.79 Å². The molecular formula is C11H17NO. The van der Waals surface area contributed by atoms with Crippen molar-refractivity contribution in [2.75, 3.05) is 13.1 Å². The minimum atomic E-state index is 0.289. The van der Waals surface area contributed by atoms with Crippen LogP contribution in [0.25, 0.3) is 0 Å². The van der Waals surface area contributed by atoms with Gasteiger partial charge in [0.15, 0.2) is 0 Å². The van der Waals surface area contributed by atoms with E-state index in [2.05, 4.69) is 10.8 Å². The smallest absolute Gasteiger partial charge is 0.131 e. The van der Waals surface area contributed by atoms with Crippen molar-refractivity contribution in [3.05, 3.63) is 0 Å². The normalized spacial score (nSPS) is 22.9. The van der Waals surface area contributed by atoms with Crippen LogP contribution in [0.5, 0.6) is 0 Å². The second kappa shape index (κ2) is 5.04. The Balaban J connectivity index is 2.35. The summed E-state index contributed by atoms with van der Waals surface area (Å²) in [5.41, 5.74) is 0. The standard InChI is InChI=1S/C11H17NO/c1-3-4-7-12-8-5-6-11(12)9-10(2)13/h1,11H,4-9H2,2H3. The van der Waals surface area contributed by atoms with Crippen LogP contribution in [0, 0.1) is 12.3 Å². The van der Waals surface area contributed by atoms with Crippen LogP contribution >= 0.6 is 0 Å². The maximum absolute atomic E-state index is 11.0. The third-order valence-corrected chi connectivity index (χ3v) is 2.57. The van der Waals surface area contributed by atoms with Crippen LogP contribution in [0.1, 0.15) is 32.6 Å². The first kappa shape index (κ1) is 10.3. The quantitative estimate of drug-likeness (QED) is 0.609. The molecule has 13 heavy (non-hydrogen) atoms. The van der Waals surface area contributed by atoms with Crippen molar-refractivity contribution in [2.45, 2.75) is 38.6 Å². The van der Waals surface area contributed by atoms with Crippen molar-refractivity contribution in [1.82, 2.24) is 4.90 Å². The summed E-state index contributed by atoms with van der Waals surface area (Å²) in [5, 5.41) is 0. The highest BCUT2D eigenvalue weighted by molar-refractivity contribution is 5.76. The van der Waals surface area contributed by atoms with E-state index in [1.165, 1.54) is 6.42 Å². The van der Waals surface area contributed by atoms with Gasteiger partial charge in [-0.2, -0.15) is 0 Å². The Kier molecular flexibility index (Phi) is 3.98. The zero-order chi connectivity index (χ0) is 9.68. The second-order valence-electron chi connectivity index (χ2n) is 3.69. The van der Waals surface area contributed by atoms with Crippen LogP contribution in [-0.2, 0) is 4.79 Å². The van der Waals surface area contributed by atoms with Crippen LogP contribution in [0.2, 0.25) is 0 Å². The van der Waals surface area contributed by atoms with Gasteiger partial charge >= 0.3 is 0 Å². The van der Waals surface area contributed by atoms with E-state index in [1.807, 2.05) is 0 Å². The number of rotatable bonds is 4. The molecular weight excluding hydrogens is 162 g/mol. The molecule has 0 aromatic heterocycles. The Morgan fingerprint density at radius 1 is 1.69 bits per heavy atom. The van der Waals surface area contributed by atoms with Crippen LogP contribution in [0.4, 0.5) is 0 Å². The summed E-state index contributed by atoms with van der Waals surface area (Å²) in [4.78, 5) is 13.3. The molecule has 0 spiro atoms. The number of Topliss-reactive ketones (excluding diaryl/α,β-unsaturated/α-hetero) is 1. The number of likely N-dealkylation sites (tertiary alicyclic amines) is 1. The Bertz CT molecular complexity index is 217. The lowest BCUT2D eigenvalue weighted by Crippen LogP contribution is -2.31. The zero-order valence-corrected chi connectivity index (χ0v) is 8.25. The zero-order valence-electron chi connectivity index (χ0n) is 8.25. The third-order valence-electron chi connectivity index (χ3n) is 2.57. The fraction of sp³-hybridized carbons (Fsp3) is 0.727. The maximum atomic E-state index is 11.0. The van der Waals surface area contributed by atoms with Gasteiger partial charge < -0.3 is 0 Å². The van der Waals surface area contributed by atoms with Crippen molar-refractivity contribution in [3.63, 3.8) is 0 Å². The van der Waals surface area contributed by atoms with Gasteiger partial charge in [-0.05, 0) is 26.3 Å². The van der Waals surface area contributed by atoms with E-state index in [-0.39, 0.29) is 5.78 Å². The van der Waals surface area contributed by atoms with Crippen LogP contribution < -0.4 is 0 Å². The number of ketones is 1. The predicted octanol–water partition coefficient (Wildman–Crippen LogP) is 1.45. The van der Waals surface area contributed by atoms with Gasteiger partial charge in [-0.3, -0.25) is 9.69 Å². The molecule has 0 saturated carbocycles. The molecule has 1 atom stereocenters.